The molecule has 7 nitrogen and oxygen atoms in total. The Morgan fingerprint density at radius 2 is 2.00 bits per heavy atom. The Bertz CT molecular complexity index is 673. The molecule has 7 heteroatoms. The predicted octanol–water partition coefficient (Wildman–Crippen LogP) is 1.38. The van der Waals surface area contributed by atoms with Crippen LogP contribution in [0.4, 0.5) is 11.4 Å². The van der Waals surface area contributed by atoms with Gasteiger partial charge in [-0.1, -0.05) is 12.1 Å². The molecule has 0 fully saturated rings. The van der Waals surface area contributed by atoms with Gasteiger partial charge in [0, 0.05) is 6.20 Å². The van der Waals surface area contributed by atoms with E-state index in [0.29, 0.717) is 5.69 Å². The van der Waals surface area contributed by atoms with Gasteiger partial charge in [-0.2, -0.15) is 0 Å². The molecule has 2 aromatic rings. The van der Waals surface area contributed by atoms with E-state index in [1.54, 1.807) is 36.4 Å². The minimum Gasteiger partial charge on any atom is -0.480 e. The van der Waals surface area contributed by atoms with Crippen LogP contribution in [0.5, 0.6) is 5.75 Å². The van der Waals surface area contributed by atoms with Crippen LogP contribution in [0.2, 0.25) is 0 Å². The molecule has 1 heterocycles. The molecule has 2 rings (SSSR count). The third-order valence-electron chi connectivity index (χ3n) is 2.54. The first-order chi connectivity index (χ1) is 10.1. The number of ether oxygens (including phenoxy) is 1. The van der Waals surface area contributed by atoms with E-state index in [-0.39, 0.29) is 17.1 Å². The molecule has 21 heavy (non-hydrogen) atoms. The second-order valence-electron chi connectivity index (χ2n) is 4.07. The highest BCUT2D eigenvalue weighted by Crippen LogP contribution is 2.24. The van der Waals surface area contributed by atoms with Crippen molar-refractivity contribution in [3.05, 3.63) is 48.3 Å². The second-order valence-corrected chi connectivity index (χ2v) is 4.07. The van der Waals surface area contributed by atoms with Crippen molar-refractivity contribution in [2.45, 2.75) is 0 Å². The van der Waals surface area contributed by atoms with Crippen LogP contribution >= 0.6 is 0 Å². The van der Waals surface area contributed by atoms with Crippen molar-refractivity contribution in [3.63, 3.8) is 0 Å². The van der Waals surface area contributed by atoms with Gasteiger partial charge in [0.05, 0.1) is 11.4 Å². The maximum absolute atomic E-state index is 12.1. The van der Waals surface area contributed by atoms with Gasteiger partial charge < -0.3 is 20.9 Å². The highest BCUT2D eigenvalue weighted by molar-refractivity contribution is 6.06. The SMILES string of the molecule is Nc1cccnc1C(=O)Nc1ccccc1OCC(=O)O. The van der Waals surface area contributed by atoms with Gasteiger partial charge in [0.15, 0.2) is 12.3 Å². The van der Waals surface area contributed by atoms with Gasteiger partial charge >= 0.3 is 5.97 Å². The number of para-hydroxylation sites is 2. The molecule has 0 atom stereocenters. The van der Waals surface area contributed by atoms with Gasteiger partial charge in [-0.3, -0.25) is 4.79 Å². The summed E-state index contributed by atoms with van der Waals surface area (Å²) in [6.45, 7) is -0.501. The van der Waals surface area contributed by atoms with E-state index in [2.05, 4.69) is 10.3 Å². The first-order valence-electron chi connectivity index (χ1n) is 6.03. The number of anilines is 2. The lowest BCUT2D eigenvalue weighted by Gasteiger charge is -2.11. The summed E-state index contributed by atoms with van der Waals surface area (Å²) in [6, 6.07) is 9.69. The van der Waals surface area contributed by atoms with Gasteiger partial charge in [-0.25, -0.2) is 9.78 Å². The fourth-order valence-corrected chi connectivity index (χ4v) is 1.62. The van der Waals surface area contributed by atoms with Crippen molar-refractivity contribution in [1.82, 2.24) is 4.98 Å². The van der Waals surface area contributed by atoms with E-state index < -0.39 is 18.5 Å². The highest BCUT2D eigenvalue weighted by Gasteiger charge is 2.13. The average Bonchev–Trinajstić information content (AvgIpc) is 2.46. The van der Waals surface area contributed by atoms with Crippen LogP contribution in [0.25, 0.3) is 0 Å². The average molecular weight is 287 g/mol. The molecule has 0 radical (unpaired) electrons. The first-order valence-corrected chi connectivity index (χ1v) is 6.03. The van der Waals surface area contributed by atoms with E-state index in [1.165, 1.54) is 6.20 Å². The number of amides is 1. The number of pyridine rings is 1. The number of carboxylic acid groups (broad SMARTS) is 1. The minimum atomic E-state index is -1.11. The molecule has 0 unspecified atom stereocenters. The van der Waals surface area contributed by atoms with Crippen molar-refractivity contribution >= 4 is 23.3 Å². The molecule has 0 saturated heterocycles. The zero-order chi connectivity index (χ0) is 15.2. The zero-order valence-corrected chi connectivity index (χ0v) is 10.9. The first kappa shape index (κ1) is 14.3. The molecule has 0 aliphatic rings. The van der Waals surface area contributed by atoms with Crippen molar-refractivity contribution in [2.24, 2.45) is 0 Å². The third-order valence-corrected chi connectivity index (χ3v) is 2.54. The Labute approximate surface area is 120 Å². The van der Waals surface area contributed by atoms with E-state index in [0.717, 1.165) is 0 Å². The van der Waals surface area contributed by atoms with Crippen molar-refractivity contribution in [2.75, 3.05) is 17.7 Å². The number of hydrogen-bond acceptors (Lipinski definition) is 5. The summed E-state index contributed by atoms with van der Waals surface area (Å²) in [5.41, 5.74) is 6.36. The van der Waals surface area contributed by atoms with Crippen LogP contribution in [0, 0.1) is 0 Å². The maximum Gasteiger partial charge on any atom is 0.341 e. The molecule has 1 amide bonds. The summed E-state index contributed by atoms with van der Waals surface area (Å²) >= 11 is 0. The van der Waals surface area contributed by atoms with Crippen LogP contribution in [0.15, 0.2) is 42.6 Å². The largest absolute Gasteiger partial charge is 0.480 e. The molecule has 1 aromatic heterocycles. The fraction of sp³-hybridized carbons (Fsp3) is 0.0714. The molecule has 0 aliphatic heterocycles. The number of aromatic nitrogens is 1. The third kappa shape index (κ3) is 3.69. The topological polar surface area (TPSA) is 115 Å². The zero-order valence-electron chi connectivity index (χ0n) is 10.9. The van der Waals surface area contributed by atoms with Crippen molar-refractivity contribution in [1.29, 1.82) is 0 Å². The second kappa shape index (κ2) is 6.38. The highest BCUT2D eigenvalue weighted by atomic mass is 16.5. The summed E-state index contributed by atoms with van der Waals surface area (Å²) in [7, 11) is 0. The number of aliphatic carboxylic acids is 1. The monoisotopic (exact) mass is 287 g/mol. The van der Waals surface area contributed by atoms with Gasteiger partial charge in [-0.15, -0.1) is 0 Å². The van der Waals surface area contributed by atoms with Crippen LogP contribution in [0.3, 0.4) is 0 Å². The lowest BCUT2D eigenvalue weighted by Crippen LogP contribution is -2.17. The molecule has 108 valence electrons. The van der Waals surface area contributed by atoms with Crippen molar-refractivity contribution in [3.8, 4) is 5.75 Å². The Balaban J connectivity index is 2.18. The van der Waals surface area contributed by atoms with E-state index in [4.69, 9.17) is 15.6 Å². The lowest BCUT2D eigenvalue weighted by molar-refractivity contribution is -0.139. The van der Waals surface area contributed by atoms with Crippen LogP contribution in [0.1, 0.15) is 10.5 Å². The number of nitrogens with one attached hydrogen (secondary N) is 1. The lowest BCUT2D eigenvalue weighted by atomic mass is 10.2. The fourth-order valence-electron chi connectivity index (χ4n) is 1.62. The molecule has 0 bridgehead atoms. The summed E-state index contributed by atoms with van der Waals surface area (Å²) in [5.74, 6) is -1.35. The van der Waals surface area contributed by atoms with Gasteiger partial charge in [0.2, 0.25) is 0 Å². The van der Waals surface area contributed by atoms with Crippen LogP contribution in [-0.2, 0) is 4.79 Å². The van der Waals surface area contributed by atoms with Crippen LogP contribution in [-0.4, -0.2) is 28.6 Å². The smallest absolute Gasteiger partial charge is 0.341 e. The predicted molar refractivity (Wildman–Crippen MR) is 76.2 cm³/mol. The Morgan fingerprint density at radius 1 is 1.24 bits per heavy atom. The summed E-state index contributed by atoms with van der Waals surface area (Å²) < 4.78 is 5.10. The molecule has 4 N–H and O–H groups in total. The number of nitrogens with two attached hydrogens (primary N) is 1. The molecule has 0 aliphatic carbocycles. The van der Waals surface area contributed by atoms with Gasteiger partial charge in [0.25, 0.3) is 5.91 Å². The van der Waals surface area contributed by atoms with E-state index >= 15 is 0 Å². The van der Waals surface area contributed by atoms with Gasteiger partial charge in [-0.05, 0) is 24.3 Å². The number of carbonyl (C=O) groups is 2. The molecule has 0 saturated carbocycles. The Kier molecular flexibility index (Phi) is 4.35. The quantitative estimate of drug-likeness (QED) is 0.765. The van der Waals surface area contributed by atoms with Crippen LogP contribution < -0.4 is 15.8 Å². The molecule has 0 spiro atoms. The summed E-state index contributed by atoms with van der Waals surface area (Å²) in [4.78, 5) is 26.5. The minimum absolute atomic E-state index is 0.0885. The summed E-state index contributed by atoms with van der Waals surface area (Å²) in [6.07, 6.45) is 1.46. The number of nitrogen functional groups attached to an aromatic ring is 1. The molecular weight excluding hydrogens is 274 g/mol. The van der Waals surface area contributed by atoms with E-state index in [1.807, 2.05) is 0 Å². The number of benzene rings is 1. The number of nitrogens with zero attached hydrogens (tertiary/aromatic N) is 1. The number of carboxylic acids is 1. The molecule has 1 aromatic carbocycles. The summed E-state index contributed by atoms with van der Waals surface area (Å²) in [5, 5.41) is 11.2. The Morgan fingerprint density at radius 3 is 2.71 bits per heavy atom. The number of carbonyl (C=O) groups excluding carboxylic acids is 1. The van der Waals surface area contributed by atoms with Gasteiger partial charge in [0.1, 0.15) is 5.75 Å². The standard InChI is InChI=1S/C14H13N3O4/c15-9-4-3-7-16-13(9)14(20)17-10-5-1-2-6-11(10)21-8-12(18)19/h1-7H,8,15H2,(H,17,20)(H,18,19). The normalized spacial score (nSPS) is 9.90. The maximum atomic E-state index is 12.1. The Hall–Kier alpha value is -3.09. The molecular formula is C14H13N3O4. The van der Waals surface area contributed by atoms with Crippen molar-refractivity contribution < 1.29 is 19.4 Å². The number of hydrogen-bond donors (Lipinski definition) is 3. The van der Waals surface area contributed by atoms with E-state index in [9.17, 15) is 9.59 Å². The number of rotatable bonds is 5.